The van der Waals surface area contributed by atoms with Crippen LogP contribution in [0, 0.1) is 5.92 Å². The maximum Gasteiger partial charge on any atom is 0.222 e. The third-order valence-electron chi connectivity index (χ3n) is 5.69. The van der Waals surface area contributed by atoms with Crippen LogP contribution in [0.15, 0.2) is 54.6 Å². The number of rotatable bonds is 13. The molecule has 1 heterocycles. The lowest BCUT2D eigenvalue weighted by atomic mass is 10.1. The van der Waals surface area contributed by atoms with E-state index < -0.39 is 6.10 Å². The normalized spacial score (nSPS) is 12.5. The van der Waals surface area contributed by atoms with Crippen LogP contribution < -0.4 is 9.47 Å². The zero-order valence-electron chi connectivity index (χ0n) is 21.8. The number of hydrogen-bond acceptors (Lipinski definition) is 6. The maximum absolute atomic E-state index is 10.7. The van der Waals surface area contributed by atoms with Crippen LogP contribution in [0.25, 0.3) is 11.3 Å². The zero-order chi connectivity index (χ0) is 25.4. The Morgan fingerprint density at radius 1 is 0.971 bits per heavy atom. The van der Waals surface area contributed by atoms with Crippen LogP contribution in [0.4, 0.5) is 0 Å². The highest BCUT2D eigenvalue weighted by molar-refractivity contribution is 5.65. The highest BCUT2D eigenvalue weighted by Crippen LogP contribution is 2.35. The summed E-state index contributed by atoms with van der Waals surface area (Å²) in [5.41, 5.74) is 2.84. The van der Waals surface area contributed by atoms with Gasteiger partial charge >= 0.3 is 0 Å². The topological polar surface area (TPSA) is 69.0 Å². The van der Waals surface area contributed by atoms with Crippen LogP contribution in [-0.4, -0.2) is 58.8 Å². The van der Waals surface area contributed by atoms with Crippen molar-refractivity contribution in [1.29, 1.82) is 0 Å². The summed E-state index contributed by atoms with van der Waals surface area (Å²) in [5.74, 6) is 2.49. The summed E-state index contributed by atoms with van der Waals surface area (Å²) < 4.78 is 19.2. The molecule has 0 aliphatic carbocycles. The van der Waals surface area contributed by atoms with E-state index in [1.807, 2.05) is 49.5 Å². The van der Waals surface area contributed by atoms with Crippen LogP contribution in [0.2, 0.25) is 0 Å². The number of methoxy groups -OCH3 is 1. The van der Waals surface area contributed by atoms with Gasteiger partial charge in [-0.3, -0.25) is 4.90 Å². The van der Waals surface area contributed by atoms with Crippen molar-refractivity contribution >= 4 is 0 Å². The molecule has 0 saturated heterocycles. The van der Waals surface area contributed by atoms with Gasteiger partial charge in [0.2, 0.25) is 5.88 Å². The predicted octanol–water partition coefficient (Wildman–Crippen LogP) is 5.13. The van der Waals surface area contributed by atoms with Crippen LogP contribution in [-0.2, 0) is 18.3 Å². The molecule has 1 aromatic heterocycles. The number of benzene rings is 2. The van der Waals surface area contributed by atoms with E-state index in [1.54, 1.807) is 11.8 Å². The van der Waals surface area contributed by atoms with Gasteiger partial charge in [-0.05, 0) is 31.9 Å². The Morgan fingerprint density at radius 3 is 2.34 bits per heavy atom. The molecule has 0 fully saturated rings. The predicted molar refractivity (Wildman–Crippen MR) is 139 cm³/mol. The van der Waals surface area contributed by atoms with Gasteiger partial charge in [0.25, 0.3) is 0 Å². The quantitative estimate of drug-likeness (QED) is 0.365. The largest absolute Gasteiger partial charge is 0.497 e. The van der Waals surface area contributed by atoms with Gasteiger partial charge in [-0.1, -0.05) is 50.2 Å². The summed E-state index contributed by atoms with van der Waals surface area (Å²) in [6, 6.07) is 17.8. The van der Waals surface area contributed by atoms with Gasteiger partial charge in [-0.25, -0.2) is 4.68 Å². The molecule has 35 heavy (non-hydrogen) atoms. The minimum Gasteiger partial charge on any atom is -0.497 e. The number of nitrogens with zero attached hydrogens (tertiary/aromatic N) is 3. The molecule has 3 aromatic rings. The van der Waals surface area contributed by atoms with E-state index in [0.717, 1.165) is 22.6 Å². The number of aromatic nitrogens is 2. The lowest BCUT2D eigenvalue weighted by Crippen LogP contribution is -2.39. The second-order valence-corrected chi connectivity index (χ2v) is 9.51. The van der Waals surface area contributed by atoms with Crippen molar-refractivity contribution in [2.24, 2.45) is 13.0 Å². The standard InChI is InChI=1S/C28H39N3O4/c1-20(2)18-34-19-23(32)16-31(21(3)4)17-26-27(22-11-8-7-9-12-22)29-30(5)28(26)35-25-14-10-13-24(15-25)33-6/h7-15,20-21,23,32H,16-19H2,1-6H3. The number of aliphatic hydroxyl groups excluding tert-OH is 1. The van der Waals surface area contributed by atoms with Crippen molar-refractivity contribution in [3.8, 4) is 28.6 Å². The Bertz CT molecular complexity index is 1050. The van der Waals surface area contributed by atoms with Crippen molar-refractivity contribution < 1.29 is 19.3 Å². The third kappa shape index (κ3) is 7.56. The molecule has 1 unspecified atom stereocenters. The van der Waals surface area contributed by atoms with Gasteiger partial charge in [0, 0.05) is 44.4 Å². The van der Waals surface area contributed by atoms with Crippen LogP contribution >= 0.6 is 0 Å². The lowest BCUT2D eigenvalue weighted by Gasteiger charge is -2.29. The summed E-state index contributed by atoms with van der Waals surface area (Å²) in [7, 11) is 3.53. The van der Waals surface area contributed by atoms with E-state index in [4.69, 9.17) is 19.3 Å². The fraction of sp³-hybridized carbons (Fsp3) is 0.464. The first-order chi connectivity index (χ1) is 16.8. The highest BCUT2D eigenvalue weighted by atomic mass is 16.5. The Morgan fingerprint density at radius 2 is 1.69 bits per heavy atom. The van der Waals surface area contributed by atoms with Crippen molar-refractivity contribution in [1.82, 2.24) is 14.7 Å². The molecule has 1 atom stereocenters. The van der Waals surface area contributed by atoms with Crippen LogP contribution in [0.3, 0.4) is 0 Å². The van der Waals surface area contributed by atoms with E-state index in [9.17, 15) is 5.11 Å². The van der Waals surface area contributed by atoms with Crippen LogP contribution in [0.5, 0.6) is 17.4 Å². The van der Waals surface area contributed by atoms with Crippen LogP contribution in [0.1, 0.15) is 33.3 Å². The molecule has 1 N–H and O–H groups in total. The maximum atomic E-state index is 10.7. The number of hydrogen-bond donors (Lipinski definition) is 1. The molecular weight excluding hydrogens is 442 g/mol. The molecular formula is C28H39N3O4. The molecule has 0 aliphatic heterocycles. The molecule has 0 radical (unpaired) electrons. The Balaban J connectivity index is 1.92. The average Bonchev–Trinajstić information content (AvgIpc) is 3.14. The minimum absolute atomic E-state index is 0.197. The van der Waals surface area contributed by atoms with Crippen molar-refractivity contribution in [2.75, 3.05) is 26.9 Å². The molecule has 3 rings (SSSR count). The molecule has 190 valence electrons. The first kappa shape index (κ1) is 26.7. The smallest absolute Gasteiger partial charge is 0.222 e. The minimum atomic E-state index is -0.587. The summed E-state index contributed by atoms with van der Waals surface area (Å²) in [5, 5.41) is 15.5. The first-order valence-electron chi connectivity index (χ1n) is 12.2. The summed E-state index contributed by atoms with van der Waals surface area (Å²) in [6.07, 6.45) is -0.587. The molecule has 0 aliphatic rings. The molecule has 7 heteroatoms. The average molecular weight is 482 g/mol. The first-order valence-corrected chi connectivity index (χ1v) is 12.2. The van der Waals surface area contributed by atoms with Gasteiger partial charge in [0.15, 0.2) is 0 Å². The molecule has 7 nitrogen and oxygen atoms in total. The number of aryl methyl sites for hydroxylation is 1. The molecule has 0 saturated carbocycles. The van der Waals surface area contributed by atoms with E-state index >= 15 is 0 Å². The fourth-order valence-corrected chi connectivity index (χ4v) is 3.85. The van der Waals surface area contributed by atoms with Gasteiger partial charge in [0.05, 0.1) is 25.4 Å². The fourth-order valence-electron chi connectivity index (χ4n) is 3.85. The monoisotopic (exact) mass is 481 g/mol. The van der Waals surface area contributed by atoms with Gasteiger partial charge in [-0.2, -0.15) is 5.10 Å². The number of aliphatic hydroxyl groups is 1. The number of ether oxygens (including phenoxy) is 3. The van der Waals surface area contributed by atoms with E-state index in [2.05, 4.69) is 44.7 Å². The molecule has 0 bridgehead atoms. The van der Waals surface area contributed by atoms with E-state index in [1.165, 1.54) is 0 Å². The second-order valence-electron chi connectivity index (χ2n) is 9.51. The third-order valence-corrected chi connectivity index (χ3v) is 5.69. The van der Waals surface area contributed by atoms with E-state index in [0.29, 0.717) is 43.9 Å². The lowest BCUT2D eigenvalue weighted by molar-refractivity contribution is 0.00166. The van der Waals surface area contributed by atoms with Gasteiger partial charge in [-0.15, -0.1) is 0 Å². The zero-order valence-corrected chi connectivity index (χ0v) is 21.8. The Kier molecular flexibility index (Phi) is 9.72. The van der Waals surface area contributed by atoms with Crippen molar-refractivity contribution in [3.05, 3.63) is 60.2 Å². The molecule has 0 spiro atoms. The summed E-state index contributed by atoms with van der Waals surface area (Å²) >= 11 is 0. The SMILES string of the molecule is COc1cccc(Oc2c(CN(CC(O)COCC(C)C)C(C)C)c(-c3ccccc3)nn2C)c1. The van der Waals surface area contributed by atoms with Crippen molar-refractivity contribution in [2.45, 2.75) is 46.4 Å². The second kappa shape index (κ2) is 12.7. The Hall–Kier alpha value is -2.87. The Labute approximate surface area is 209 Å². The van der Waals surface area contributed by atoms with Gasteiger partial charge < -0.3 is 19.3 Å². The van der Waals surface area contributed by atoms with Crippen molar-refractivity contribution in [3.63, 3.8) is 0 Å². The van der Waals surface area contributed by atoms with E-state index in [-0.39, 0.29) is 6.04 Å². The molecule has 0 amide bonds. The summed E-state index contributed by atoms with van der Waals surface area (Å²) in [4.78, 5) is 2.23. The summed E-state index contributed by atoms with van der Waals surface area (Å²) in [6.45, 7) is 10.5. The molecule has 2 aromatic carbocycles. The highest BCUT2D eigenvalue weighted by Gasteiger charge is 2.24. The van der Waals surface area contributed by atoms with Gasteiger partial charge in [0.1, 0.15) is 17.2 Å².